The van der Waals surface area contributed by atoms with Crippen molar-refractivity contribution in [2.24, 2.45) is 5.92 Å². The number of nitrogens with one attached hydrogen (secondary N) is 1. The fraction of sp³-hybridized carbons (Fsp3) is 0.619. The van der Waals surface area contributed by atoms with Crippen LogP contribution in [0.3, 0.4) is 0 Å². The molecule has 5 nitrogen and oxygen atoms in total. The minimum atomic E-state index is -0.0477. The maximum absolute atomic E-state index is 12.5. The fourth-order valence-electron chi connectivity index (χ4n) is 3.41. The third-order valence-corrected chi connectivity index (χ3v) is 5.08. The van der Waals surface area contributed by atoms with Gasteiger partial charge in [-0.05, 0) is 31.4 Å². The van der Waals surface area contributed by atoms with Crippen molar-refractivity contribution in [3.05, 3.63) is 24.3 Å². The van der Waals surface area contributed by atoms with Crippen LogP contribution in [0.1, 0.15) is 58.3 Å². The van der Waals surface area contributed by atoms with Gasteiger partial charge >= 0.3 is 0 Å². The lowest BCUT2D eigenvalue weighted by Gasteiger charge is -2.31. The van der Waals surface area contributed by atoms with Crippen LogP contribution in [0.25, 0.3) is 0 Å². The van der Waals surface area contributed by atoms with Gasteiger partial charge in [-0.2, -0.15) is 0 Å². The number of methoxy groups -OCH3 is 1. The number of carbonyl (C=O) groups is 2. The summed E-state index contributed by atoms with van der Waals surface area (Å²) in [5.74, 6) is 0.872. The first kappa shape index (κ1) is 20.3. The Hall–Kier alpha value is -2.04. The number of carbonyl (C=O) groups excluding carboxylic acids is 2. The number of piperidine rings is 1. The molecule has 2 amide bonds. The van der Waals surface area contributed by atoms with Crippen molar-refractivity contribution in [1.82, 2.24) is 4.90 Å². The van der Waals surface area contributed by atoms with Crippen LogP contribution in [0.4, 0.5) is 5.69 Å². The molecule has 1 fully saturated rings. The zero-order valence-corrected chi connectivity index (χ0v) is 16.1. The summed E-state index contributed by atoms with van der Waals surface area (Å²) in [4.78, 5) is 26.7. The number of para-hydroxylation sites is 2. The quantitative estimate of drug-likeness (QED) is 0.670. The largest absolute Gasteiger partial charge is 0.495 e. The van der Waals surface area contributed by atoms with Gasteiger partial charge in [0.25, 0.3) is 0 Å². The Morgan fingerprint density at radius 3 is 2.50 bits per heavy atom. The van der Waals surface area contributed by atoms with Crippen LogP contribution >= 0.6 is 0 Å². The Labute approximate surface area is 157 Å². The number of amides is 2. The zero-order chi connectivity index (χ0) is 18.8. The number of anilines is 1. The molecule has 0 radical (unpaired) electrons. The van der Waals surface area contributed by atoms with Gasteiger partial charge < -0.3 is 15.0 Å². The summed E-state index contributed by atoms with van der Waals surface area (Å²) in [6, 6.07) is 7.42. The number of nitrogens with zero attached hydrogens (tertiary/aromatic N) is 1. The van der Waals surface area contributed by atoms with Gasteiger partial charge in [-0.15, -0.1) is 0 Å². The highest BCUT2D eigenvalue weighted by atomic mass is 16.5. The molecular formula is C21H32N2O3. The van der Waals surface area contributed by atoms with E-state index in [2.05, 4.69) is 12.2 Å². The number of unbranched alkanes of at least 4 members (excludes halogenated alkanes) is 4. The molecule has 0 spiro atoms. The van der Waals surface area contributed by atoms with E-state index in [-0.39, 0.29) is 17.7 Å². The Morgan fingerprint density at radius 2 is 1.81 bits per heavy atom. The number of benzene rings is 1. The molecule has 0 atom stereocenters. The highest BCUT2D eigenvalue weighted by molar-refractivity contribution is 5.94. The summed E-state index contributed by atoms with van der Waals surface area (Å²) in [6.45, 7) is 3.55. The highest BCUT2D eigenvalue weighted by Crippen LogP contribution is 2.26. The van der Waals surface area contributed by atoms with Gasteiger partial charge in [-0.1, -0.05) is 44.7 Å². The summed E-state index contributed by atoms with van der Waals surface area (Å²) >= 11 is 0. The normalized spacial score (nSPS) is 14.9. The molecule has 1 aliphatic rings. The average molecular weight is 360 g/mol. The summed E-state index contributed by atoms with van der Waals surface area (Å²) in [5, 5.41) is 2.96. The molecule has 26 heavy (non-hydrogen) atoms. The molecule has 0 saturated carbocycles. The molecule has 1 aromatic carbocycles. The van der Waals surface area contributed by atoms with E-state index in [9.17, 15) is 9.59 Å². The first-order valence-electron chi connectivity index (χ1n) is 9.87. The Kier molecular flexibility index (Phi) is 8.45. The van der Waals surface area contributed by atoms with E-state index in [1.807, 2.05) is 29.2 Å². The molecule has 0 bridgehead atoms. The van der Waals surface area contributed by atoms with Crippen molar-refractivity contribution in [3.8, 4) is 5.75 Å². The molecule has 0 unspecified atom stereocenters. The lowest BCUT2D eigenvalue weighted by Crippen LogP contribution is -2.41. The first-order valence-corrected chi connectivity index (χ1v) is 9.87. The van der Waals surface area contributed by atoms with Crippen LogP contribution in [-0.2, 0) is 9.59 Å². The van der Waals surface area contributed by atoms with Gasteiger partial charge in [0.05, 0.1) is 12.8 Å². The molecule has 2 rings (SSSR count). The van der Waals surface area contributed by atoms with Gasteiger partial charge in [0.1, 0.15) is 5.75 Å². The summed E-state index contributed by atoms with van der Waals surface area (Å²) in [5.41, 5.74) is 0.700. The second-order valence-corrected chi connectivity index (χ2v) is 7.01. The molecule has 0 aromatic heterocycles. The Balaban J connectivity index is 1.73. The number of likely N-dealkylation sites (tertiary alicyclic amines) is 1. The molecule has 1 N–H and O–H groups in total. The lowest BCUT2D eigenvalue weighted by molar-refractivity contribution is -0.134. The third kappa shape index (κ3) is 6.04. The van der Waals surface area contributed by atoms with E-state index in [1.54, 1.807) is 7.11 Å². The van der Waals surface area contributed by atoms with E-state index in [0.717, 1.165) is 25.7 Å². The van der Waals surface area contributed by atoms with Gasteiger partial charge in [0.15, 0.2) is 0 Å². The molecule has 5 heteroatoms. The Bertz CT molecular complexity index is 580. The number of ether oxygens (including phenoxy) is 1. The van der Waals surface area contributed by atoms with Gasteiger partial charge in [-0.25, -0.2) is 0 Å². The van der Waals surface area contributed by atoms with E-state index in [4.69, 9.17) is 4.74 Å². The van der Waals surface area contributed by atoms with E-state index in [1.165, 1.54) is 19.3 Å². The molecule has 1 aliphatic heterocycles. The number of hydrogen-bond donors (Lipinski definition) is 1. The second kappa shape index (κ2) is 10.8. The predicted molar refractivity (Wildman–Crippen MR) is 104 cm³/mol. The molecular weight excluding hydrogens is 328 g/mol. The number of rotatable bonds is 9. The van der Waals surface area contributed by atoms with E-state index >= 15 is 0 Å². The average Bonchev–Trinajstić information content (AvgIpc) is 2.68. The van der Waals surface area contributed by atoms with Crippen LogP contribution in [0, 0.1) is 5.92 Å². The minimum absolute atomic E-state index is 0.0150. The molecule has 1 heterocycles. The smallest absolute Gasteiger partial charge is 0.227 e. The van der Waals surface area contributed by atoms with Crippen molar-refractivity contribution in [2.45, 2.75) is 58.3 Å². The zero-order valence-electron chi connectivity index (χ0n) is 16.1. The van der Waals surface area contributed by atoms with Crippen LogP contribution in [0.2, 0.25) is 0 Å². The highest BCUT2D eigenvalue weighted by Gasteiger charge is 2.27. The maximum atomic E-state index is 12.5. The molecule has 0 aliphatic carbocycles. The monoisotopic (exact) mass is 360 g/mol. The molecule has 144 valence electrons. The van der Waals surface area contributed by atoms with Gasteiger partial charge in [0, 0.05) is 25.4 Å². The van der Waals surface area contributed by atoms with Crippen molar-refractivity contribution in [3.63, 3.8) is 0 Å². The van der Waals surface area contributed by atoms with Crippen LogP contribution in [0.5, 0.6) is 5.75 Å². The topological polar surface area (TPSA) is 58.6 Å². The van der Waals surface area contributed by atoms with Crippen LogP contribution in [-0.4, -0.2) is 36.9 Å². The van der Waals surface area contributed by atoms with Crippen LogP contribution < -0.4 is 10.1 Å². The van der Waals surface area contributed by atoms with E-state index in [0.29, 0.717) is 30.9 Å². The fourth-order valence-corrected chi connectivity index (χ4v) is 3.41. The molecule has 1 aromatic rings. The SMILES string of the molecule is CCCCCCCC(=O)N1CCC(C(=O)Nc2ccccc2OC)CC1. The van der Waals surface area contributed by atoms with Gasteiger partial charge in [-0.3, -0.25) is 9.59 Å². The van der Waals surface area contributed by atoms with E-state index < -0.39 is 0 Å². The lowest BCUT2D eigenvalue weighted by atomic mass is 9.95. The maximum Gasteiger partial charge on any atom is 0.227 e. The predicted octanol–water partition coefficient (Wildman–Crippen LogP) is 4.23. The summed E-state index contributed by atoms with van der Waals surface area (Å²) in [7, 11) is 1.59. The van der Waals surface area contributed by atoms with Crippen LogP contribution in [0.15, 0.2) is 24.3 Å². The van der Waals surface area contributed by atoms with Gasteiger partial charge in [0.2, 0.25) is 11.8 Å². The second-order valence-electron chi connectivity index (χ2n) is 7.01. The number of hydrogen-bond acceptors (Lipinski definition) is 3. The Morgan fingerprint density at radius 1 is 1.12 bits per heavy atom. The first-order chi connectivity index (χ1) is 12.7. The van der Waals surface area contributed by atoms with Crippen molar-refractivity contribution >= 4 is 17.5 Å². The summed E-state index contributed by atoms with van der Waals surface area (Å²) in [6.07, 6.45) is 7.89. The standard InChI is InChI=1S/C21H32N2O3/c1-3-4-5-6-7-12-20(24)23-15-13-17(14-16-23)21(25)22-18-10-8-9-11-19(18)26-2/h8-11,17H,3-7,12-16H2,1-2H3,(H,22,25). The van der Waals surface area contributed by atoms with Crippen molar-refractivity contribution in [1.29, 1.82) is 0 Å². The summed E-state index contributed by atoms with van der Waals surface area (Å²) < 4.78 is 5.28. The minimum Gasteiger partial charge on any atom is -0.495 e. The third-order valence-electron chi connectivity index (χ3n) is 5.08. The van der Waals surface area contributed by atoms with Crippen molar-refractivity contribution < 1.29 is 14.3 Å². The van der Waals surface area contributed by atoms with Crippen molar-refractivity contribution in [2.75, 3.05) is 25.5 Å². The molecule has 1 saturated heterocycles.